The molecule has 0 aliphatic rings. The van der Waals surface area contributed by atoms with E-state index in [1.54, 1.807) is 30.7 Å². The van der Waals surface area contributed by atoms with Gasteiger partial charge in [0, 0.05) is 34.7 Å². The Hall–Kier alpha value is -2.99. The summed E-state index contributed by atoms with van der Waals surface area (Å²) in [6.45, 7) is 0. The highest BCUT2D eigenvalue weighted by molar-refractivity contribution is 6.30. The molecule has 0 atom stereocenters. The Morgan fingerprint density at radius 1 is 1.00 bits per heavy atom. The van der Waals surface area contributed by atoms with E-state index >= 15 is 0 Å². The van der Waals surface area contributed by atoms with Crippen molar-refractivity contribution in [1.82, 2.24) is 24.6 Å². The van der Waals surface area contributed by atoms with Crippen LogP contribution in [0, 0.1) is 0 Å². The second kappa shape index (κ2) is 5.33. The molecule has 1 aromatic carbocycles. The summed E-state index contributed by atoms with van der Waals surface area (Å²) < 4.78 is 1.38. The first-order valence-electron chi connectivity index (χ1n) is 6.86. The highest BCUT2D eigenvalue weighted by Crippen LogP contribution is 2.30. The van der Waals surface area contributed by atoms with Gasteiger partial charge in [-0.3, -0.25) is 4.98 Å². The zero-order chi connectivity index (χ0) is 15.8. The van der Waals surface area contributed by atoms with E-state index in [0.29, 0.717) is 10.8 Å². The molecule has 0 bridgehead atoms. The third kappa shape index (κ3) is 2.39. The molecule has 6 nitrogen and oxygen atoms in total. The normalized spacial score (nSPS) is 11.0. The van der Waals surface area contributed by atoms with Crippen LogP contribution in [0.4, 0.5) is 0 Å². The van der Waals surface area contributed by atoms with Crippen molar-refractivity contribution < 1.29 is 0 Å². The highest BCUT2D eigenvalue weighted by Gasteiger charge is 2.13. The van der Waals surface area contributed by atoms with Crippen LogP contribution in [0.1, 0.15) is 0 Å². The molecule has 0 spiro atoms. The maximum Gasteiger partial charge on any atom is 0.348 e. The van der Waals surface area contributed by atoms with E-state index in [9.17, 15) is 4.79 Å². The molecule has 3 aromatic heterocycles. The number of nitrogens with zero attached hydrogens (tertiary/aromatic N) is 4. The molecular formula is C16H10ClN5O. The Morgan fingerprint density at radius 3 is 2.48 bits per heavy atom. The number of pyridine rings is 1. The number of benzene rings is 1. The van der Waals surface area contributed by atoms with E-state index in [4.69, 9.17) is 11.6 Å². The molecule has 0 saturated carbocycles. The molecule has 0 fully saturated rings. The molecule has 0 radical (unpaired) electrons. The van der Waals surface area contributed by atoms with Gasteiger partial charge in [-0.05, 0) is 29.8 Å². The molecule has 0 unspecified atom stereocenters. The standard InChI is InChI=1S/C16H10ClN5O/c17-12-3-1-11(2-4-12)14-13(10-5-7-18-8-6-10)9-22-15(19-14)20-21-16(22)23/h1-9H,(H,21,23). The maximum absolute atomic E-state index is 11.8. The molecule has 4 rings (SSSR count). The van der Waals surface area contributed by atoms with Crippen LogP contribution in [0.2, 0.25) is 5.02 Å². The molecule has 23 heavy (non-hydrogen) atoms. The third-order valence-electron chi connectivity index (χ3n) is 3.52. The van der Waals surface area contributed by atoms with Crippen molar-refractivity contribution in [3.05, 3.63) is 70.5 Å². The minimum absolute atomic E-state index is 0.317. The van der Waals surface area contributed by atoms with E-state index in [1.165, 1.54) is 4.40 Å². The summed E-state index contributed by atoms with van der Waals surface area (Å²) in [7, 11) is 0. The average Bonchev–Trinajstić information content (AvgIpc) is 2.96. The number of halogens is 1. The van der Waals surface area contributed by atoms with Crippen LogP contribution in [0.15, 0.2) is 59.8 Å². The van der Waals surface area contributed by atoms with E-state index in [0.717, 1.165) is 22.4 Å². The predicted molar refractivity (Wildman–Crippen MR) is 87.3 cm³/mol. The second-order valence-electron chi connectivity index (χ2n) is 4.94. The highest BCUT2D eigenvalue weighted by atomic mass is 35.5. The van der Waals surface area contributed by atoms with Crippen molar-refractivity contribution in [3.63, 3.8) is 0 Å². The molecule has 3 heterocycles. The number of aromatic nitrogens is 5. The van der Waals surface area contributed by atoms with Crippen LogP contribution in [-0.4, -0.2) is 24.6 Å². The Bertz CT molecular complexity index is 1040. The van der Waals surface area contributed by atoms with E-state index < -0.39 is 0 Å². The van der Waals surface area contributed by atoms with Gasteiger partial charge in [0.05, 0.1) is 5.69 Å². The van der Waals surface area contributed by atoms with Gasteiger partial charge in [0.1, 0.15) is 0 Å². The largest absolute Gasteiger partial charge is 0.348 e. The van der Waals surface area contributed by atoms with Crippen LogP contribution in [-0.2, 0) is 0 Å². The van der Waals surface area contributed by atoms with Gasteiger partial charge in [0.15, 0.2) is 0 Å². The number of H-pyrrole nitrogens is 1. The first-order chi connectivity index (χ1) is 11.2. The Labute approximate surface area is 135 Å². The van der Waals surface area contributed by atoms with Crippen molar-refractivity contribution in [2.24, 2.45) is 0 Å². The van der Waals surface area contributed by atoms with Gasteiger partial charge in [-0.2, -0.15) is 0 Å². The van der Waals surface area contributed by atoms with Gasteiger partial charge in [-0.25, -0.2) is 19.3 Å². The number of nitrogens with one attached hydrogen (secondary N) is 1. The zero-order valence-electron chi connectivity index (χ0n) is 11.8. The lowest BCUT2D eigenvalue weighted by atomic mass is 10.0. The topological polar surface area (TPSA) is 75.9 Å². The first kappa shape index (κ1) is 13.7. The number of hydrogen-bond donors (Lipinski definition) is 1. The molecular weight excluding hydrogens is 314 g/mol. The summed E-state index contributed by atoms with van der Waals surface area (Å²) in [5.41, 5.74) is 3.00. The molecule has 112 valence electrons. The number of hydrogen-bond acceptors (Lipinski definition) is 4. The van der Waals surface area contributed by atoms with Gasteiger partial charge in [-0.15, -0.1) is 5.10 Å². The lowest BCUT2D eigenvalue weighted by Crippen LogP contribution is -2.10. The minimum atomic E-state index is -0.328. The summed E-state index contributed by atoms with van der Waals surface area (Å²) in [4.78, 5) is 20.4. The molecule has 0 aliphatic carbocycles. The van der Waals surface area contributed by atoms with Crippen LogP contribution >= 0.6 is 11.6 Å². The fourth-order valence-electron chi connectivity index (χ4n) is 2.41. The fraction of sp³-hybridized carbons (Fsp3) is 0. The van der Waals surface area contributed by atoms with Crippen molar-refractivity contribution in [2.45, 2.75) is 0 Å². The molecule has 1 N–H and O–H groups in total. The summed E-state index contributed by atoms with van der Waals surface area (Å²) >= 11 is 5.96. The van der Waals surface area contributed by atoms with Crippen molar-refractivity contribution in [2.75, 3.05) is 0 Å². The van der Waals surface area contributed by atoms with Gasteiger partial charge in [-0.1, -0.05) is 23.7 Å². The van der Waals surface area contributed by atoms with Crippen LogP contribution in [0.5, 0.6) is 0 Å². The summed E-state index contributed by atoms with van der Waals surface area (Å²) in [5.74, 6) is 0.317. The number of rotatable bonds is 2. The molecule has 0 saturated heterocycles. The number of fused-ring (bicyclic) bond motifs is 1. The average molecular weight is 324 g/mol. The maximum atomic E-state index is 11.8. The summed E-state index contributed by atoms with van der Waals surface area (Å²) in [6, 6.07) is 11.1. The summed E-state index contributed by atoms with van der Waals surface area (Å²) in [5, 5.41) is 6.99. The lowest BCUT2D eigenvalue weighted by molar-refractivity contribution is 1.02. The van der Waals surface area contributed by atoms with E-state index in [1.807, 2.05) is 24.3 Å². The van der Waals surface area contributed by atoms with Crippen molar-refractivity contribution in [3.8, 4) is 22.4 Å². The quantitative estimate of drug-likeness (QED) is 0.615. The van der Waals surface area contributed by atoms with Gasteiger partial charge >= 0.3 is 5.69 Å². The summed E-state index contributed by atoms with van der Waals surface area (Å²) in [6.07, 6.45) is 5.13. The second-order valence-corrected chi connectivity index (χ2v) is 5.38. The monoisotopic (exact) mass is 323 g/mol. The Morgan fingerprint density at radius 2 is 1.74 bits per heavy atom. The van der Waals surface area contributed by atoms with Gasteiger partial charge in [0.25, 0.3) is 5.78 Å². The first-order valence-corrected chi connectivity index (χ1v) is 7.24. The Kier molecular flexibility index (Phi) is 3.17. The Balaban J connectivity index is 2.04. The van der Waals surface area contributed by atoms with Crippen molar-refractivity contribution in [1.29, 1.82) is 0 Å². The number of aromatic amines is 1. The third-order valence-corrected chi connectivity index (χ3v) is 3.77. The van der Waals surface area contributed by atoms with Crippen LogP contribution in [0.3, 0.4) is 0 Å². The van der Waals surface area contributed by atoms with Gasteiger partial charge in [0.2, 0.25) is 0 Å². The lowest BCUT2D eigenvalue weighted by Gasteiger charge is -2.09. The molecule has 0 aliphatic heterocycles. The van der Waals surface area contributed by atoms with Crippen LogP contribution < -0.4 is 5.69 Å². The van der Waals surface area contributed by atoms with Crippen molar-refractivity contribution >= 4 is 17.4 Å². The zero-order valence-corrected chi connectivity index (χ0v) is 12.5. The van der Waals surface area contributed by atoms with E-state index in [2.05, 4.69) is 20.2 Å². The smallest absolute Gasteiger partial charge is 0.265 e. The van der Waals surface area contributed by atoms with Gasteiger partial charge < -0.3 is 0 Å². The molecule has 4 aromatic rings. The SMILES string of the molecule is O=c1[nH]nc2nc(-c3ccc(Cl)cc3)c(-c3ccncc3)cn12. The molecule has 7 heteroatoms. The van der Waals surface area contributed by atoms with E-state index in [-0.39, 0.29) is 5.69 Å². The predicted octanol–water partition coefficient (Wildman–Crippen LogP) is 2.80. The fourth-order valence-corrected chi connectivity index (χ4v) is 2.54. The minimum Gasteiger partial charge on any atom is -0.265 e. The molecule has 0 amide bonds. The van der Waals surface area contributed by atoms with Crippen LogP contribution in [0.25, 0.3) is 28.2 Å².